The molecule has 0 atom stereocenters. The normalized spacial score (nSPS) is 12.7. The van der Waals surface area contributed by atoms with Crippen molar-refractivity contribution in [1.29, 1.82) is 0 Å². The molecule has 0 aromatic heterocycles. The van der Waals surface area contributed by atoms with E-state index < -0.39 is 6.94 Å². The molecule has 1 radical (unpaired) electrons. The van der Waals surface area contributed by atoms with Crippen LogP contribution in [0.15, 0.2) is 0 Å². The molecule has 0 fully saturated rings. The molecule has 5 heteroatoms. The van der Waals surface area contributed by atoms with Crippen LogP contribution in [0, 0.1) is 0 Å². The predicted octanol–water partition coefficient (Wildman–Crippen LogP) is 2.34. The Morgan fingerprint density at radius 3 is 2.00 bits per heavy atom. The molecular weight excluding hydrogens is 191 g/mol. The highest BCUT2D eigenvalue weighted by Crippen LogP contribution is 2.21. The first-order valence-corrected chi connectivity index (χ1v) is 9.54. The van der Waals surface area contributed by atoms with Crippen molar-refractivity contribution in [2.75, 3.05) is 7.11 Å². The molecule has 0 aromatic carbocycles. The third kappa shape index (κ3) is 5.42. The van der Waals surface area contributed by atoms with E-state index in [9.17, 15) is 0 Å². The lowest BCUT2D eigenvalue weighted by atomic mass is 11.8. The third-order valence-electron chi connectivity index (χ3n) is 0.858. The standard InChI is InChI=1S/C4H11Cl2OSi2/c1-7-9(5,6)4-8(2)3/h4H2,1-3H3. The fourth-order valence-corrected chi connectivity index (χ4v) is 9.16. The van der Waals surface area contributed by atoms with Crippen molar-refractivity contribution < 1.29 is 4.43 Å². The molecule has 0 unspecified atom stereocenters. The van der Waals surface area contributed by atoms with Crippen LogP contribution in [0.1, 0.15) is 0 Å². The van der Waals surface area contributed by atoms with Crippen LogP contribution in [-0.2, 0) is 4.43 Å². The molecule has 1 nitrogen and oxygen atoms in total. The molecule has 0 rings (SSSR count). The highest BCUT2D eigenvalue weighted by atomic mass is 35.7. The van der Waals surface area contributed by atoms with E-state index in [1.54, 1.807) is 7.11 Å². The van der Waals surface area contributed by atoms with Gasteiger partial charge in [0, 0.05) is 15.9 Å². The number of rotatable bonds is 3. The fraction of sp³-hybridized carbons (Fsp3) is 1.00. The van der Waals surface area contributed by atoms with E-state index in [1.165, 1.54) is 0 Å². The Balaban J connectivity index is 3.58. The summed E-state index contributed by atoms with van der Waals surface area (Å²) in [6.07, 6.45) is 0. The molecule has 55 valence electrons. The third-order valence-corrected chi connectivity index (χ3v) is 9.26. The van der Waals surface area contributed by atoms with E-state index in [-0.39, 0.29) is 8.80 Å². The van der Waals surface area contributed by atoms with Gasteiger partial charge in [-0.25, -0.2) is 0 Å². The summed E-state index contributed by atoms with van der Waals surface area (Å²) in [5.74, 6) is 0. The van der Waals surface area contributed by atoms with Gasteiger partial charge in [-0.05, 0) is 5.67 Å². The van der Waals surface area contributed by atoms with E-state index >= 15 is 0 Å². The molecule has 0 aromatic rings. The fourth-order valence-electron chi connectivity index (χ4n) is 0.484. The van der Waals surface area contributed by atoms with Crippen LogP contribution in [0.3, 0.4) is 0 Å². The summed E-state index contributed by atoms with van der Waals surface area (Å²) >= 11 is 11.6. The van der Waals surface area contributed by atoms with Gasteiger partial charge in [0.2, 0.25) is 0 Å². The average Bonchev–Trinajstić information content (AvgIpc) is 1.63. The summed E-state index contributed by atoms with van der Waals surface area (Å²) in [6, 6.07) is 0. The first kappa shape index (κ1) is 9.97. The van der Waals surface area contributed by atoms with Gasteiger partial charge < -0.3 is 4.43 Å². The maximum atomic E-state index is 5.82. The molecule has 0 saturated carbocycles. The minimum Gasteiger partial charge on any atom is -0.396 e. The lowest BCUT2D eigenvalue weighted by Crippen LogP contribution is -2.27. The summed E-state index contributed by atoms with van der Waals surface area (Å²) in [4.78, 5) is 0. The Morgan fingerprint density at radius 1 is 1.44 bits per heavy atom. The van der Waals surface area contributed by atoms with E-state index in [0.717, 1.165) is 5.67 Å². The Hall–Kier alpha value is 0.974. The van der Waals surface area contributed by atoms with Gasteiger partial charge in [0.05, 0.1) is 0 Å². The Bertz CT molecular complexity index is 86.6. The lowest BCUT2D eigenvalue weighted by Gasteiger charge is -2.14. The summed E-state index contributed by atoms with van der Waals surface area (Å²) in [5, 5.41) is 0. The Kier molecular flexibility index (Phi) is 4.41. The number of halogens is 2. The van der Waals surface area contributed by atoms with E-state index in [0.29, 0.717) is 0 Å². The molecule has 0 spiro atoms. The van der Waals surface area contributed by atoms with Crippen LogP contribution in [0.2, 0.25) is 18.8 Å². The van der Waals surface area contributed by atoms with Crippen LogP contribution >= 0.6 is 22.2 Å². The second kappa shape index (κ2) is 3.98. The minimum atomic E-state index is -2.25. The molecule has 0 aliphatic rings. The zero-order valence-corrected chi connectivity index (χ0v) is 9.38. The topological polar surface area (TPSA) is 9.23 Å². The largest absolute Gasteiger partial charge is 0.396 e. The Morgan fingerprint density at radius 2 is 1.89 bits per heavy atom. The van der Waals surface area contributed by atoms with Gasteiger partial charge in [0.1, 0.15) is 0 Å². The van der Waals surface area contributed by atoms with Crippen molar-refractivity contribution in [3.63, 3.8) is 0 Å². The first-order chi connectivity index (χ1) is 3.98. The van der Waals surface area contributed by atoms with Gasteiger partial charge in [-0.2, -0.15) is 0 Å². The molecule has 9 heavy (non-hydrogen) atoms. The van der Waals surface area contributed by atoms with E-state index in [2.05, 4.69) is 13.1 Å². The van der Waals surface area contributed by atoms with Crippen LogP contribution in [-0.4, -0.2) is 22.8 Å². The minimum absolute atomic E-state index is 0.331. The Labute approximate surface area is 68.4 Å². The van der Waals surface area contributed by atoms with Gasteiger partial charge >= 0.3 is 6.94 Å². The van der Waals surface area contributed by atoms with E-state index in [4.69, 9.17) is 26.6 Å². The van der Waals surface area contributed by atoms with Gasteiger partial charge in [-0.3, -0.25) is 0 Å². The number of hydrogen-bond acceptors (Lipinski definition) is 1. The highest BCUT2D eigenvalue weighted by molar-refractivity contribution is 7.44. The molecule has 0 aliphatic heterocycles. The van der Waals surface area contributed by atoms with Crippen molar-refractivity contribution in [2.24, 2.45) is 0 Å². The monoisotopic (exact) mass is 201 g/mol. The van der Waals surface area contributed by atoms with Crippen LogP contribution in [0.5, 0.6) is 0 Å². The van der Waals surface area contributed by atoms with E-state index in [1.807, 2.05) is 0 Å². The second-order valence-electron chi connectivity index (χ2n) is 2.23. The molecule has 0 N–H and O–H groups in total. The molecule has 0 amide bonds. The quantitative estimate of drug-likeness (QED) is 0.504. The summed E-state index contributed by atoms with van der Waals surface area (Å²) in [6.45, 7) is 2.10. The summed E-state index contributed by atoms with van der Waals surface area (Å²) in [5.41, 5.74) is 0.900. The van der Waals surface area contributed by atoms with Crippen molar-refractivity contribution in [2.45, 2.75) is 18.8 Å². The van der Waals surface area contributed by atoms with Crippen LogP contribution < -0.4 is 0 Å². The van der Waals surface area contributed by atoms with Gasteiger partial charge in [-0.1, -0.05) is 13.1 Å². The van der Waals surface area contributed by atoms with Gasteiger partial charge in [0.25, 0.3) is 0 Å². The SMILES string of the molecule is CO[Si](Cl)(Cl)C[Si](C)C. The van der Waals surface area contributed by atoms with Crippen molar-refractivity contribution in [3.05, 3.63) is 0 Å². The summed E-state index contributed by atoms with van der Waals surface area (Å²) < 4.78 is 4.94. The van der Waals surface area contributed by atoms with Crippen molar-refractivity contribution >= 4 is 37.9 Å². The zero-order valence-electron chi connectivity index (χ0n) is 5.87. The zero-order chi connectivity index (χ0) is 7.49. The van der Waals surface area contributed by atoms with Gasteiger partial charge in [-0.15, -0.1) is 22.2 Å². The van der Waals surface area contributed by atoms with Gasteiger partial charge in [0.15, 0.2) is 0 Å². The average molecular weight is 202 g/mol. The first-order valence-electron chi connectivity index (χ1n) is 2.70. The lowest BCUT2D eigenvalue weighted by molar-refractivity contribution is 0.431. The molecule has 0 saturated heterocycles. The maximum Gasteiger partial charge on any atom is 0.386 e. The smallest absolute Gasteiger partial charge is 0.386 e. The second-order valence-corrected chi connectivity index (χ2v) is 12.0. The summed E-state index contributed by atoms with van der Waals surface area (Å²) in [7, 11) is 1.25. The van der Waals surface area contributed by atoms with Crippen molar-refractivity contribution in [1.82, 2.24) is 0 Å². The highest BCUT2D eigenvalue weighted by Gasteiger charge is 2.30. The predicted molar refractivity (Wildman–Crippen MR) is 46.8 cm³/mol. The molecule has 0 heterocycles. The molecule has 0 bridgehead atoms. The number of hydrogen-bond donors (Lipinski definition) is 0. The van der Waals surface area contributed by atoms with Crippen molar-refractivity contribution in [3.8, 4) is 0 Å². The maximum absolute atomic E-state index is 5.82. The van der Waals surface area contributed by atoms with Crippen LogP contribution in [0.4, 0.5) is 0 Å². The van der Waals surface area contributed by atoms with Crippen LogP contribution in [0.25, 0.3) is 0 Å². The molecular formula is C4H11Cl2OSi2. The molecule has 0 aliphatic carbocycles.